The number of carboxylic acid groups (broad SMARTS) is 1. The number of aliphatic carboxylic acids is 1. The third kappa shape index (κ3) is 2.50. The molecule has 2 aromatic carbocycles. The second kappa shape index (κ2) is 4.84. The van der Waals surface area contributed by atoms with Crippen LogP contribution in [0.4, 0.5) is 4.39 Å². The average molecular weight is 258 g/mol. The van der Waals surface area contributed by atoms with Gasteiger partial charge in [-0.15, -0.1) is 0 Å². The molecule has 1 N–H and O–H groups in total. The summed E-state index contributed by atoms with van der Waals surface area (Å²) in [4.78, 5) is 11.3. The standard InChI is InChI=1S/C16H15FO2/c1-16(2,15(18)19)13-10-12(8-9-14(13)17)11-6-4-3-5-7-11/h3-10H,1-2H3,(H,18,19). The van der Waals surface area contributed by atoms with E-state index in [1.54, 1.807) is 12.1 Å². The van der Waals surface area contributed by atoms with Crippen molar-refractivity contribution in [3.05, 3.63) is 59.9 Å². The molecule has 0 fully saturated rings. The summed E-state index contributed by atoms with van der Waals surface area (Å²) in [5.41, 5.74) is 0.687. The fraction of sp³-hybridized carbons (Fsp3) is 0.188. The summed E-state index contributed by atoms with van der Waals surface area (Å²) in [5, 5.41) is 9.21. The largest absolute Gasteiger partial charge is 0.481 e. The molecule has 2 aromatic rings. The Labute approximate surface area is 111 Å². The Morgan fingerprint density at radius 3 is 2.26 bits per heavy atom. The summed E-state index contributed by atoms with van der Waals surface area (Å²) >= 11 is 0. The van der Waals surface area contributed by atoms with Crippen LogP contribution < -0.4 is 0 Å². The van der Waals surface area contributed by atoms with Gasteiger partial charge < -0.3 is 5.11 Å². The van der Waals surface area contributed by atoms with Crippen molar-refractivity contribution in [2.75, 3.05) is 0 Å². The maximum atomic E-state index is 13.9. The zero-order valence-electron chi connectivity index (χ0n) is 10.9. The maximum absolute atomic E-state index is 13.9. The Hall–Kier alpha value is -2.16. The van der Waals surface area contributed by atoms with Crippen LogP contribution in [0, 0.1) is 5.82 Å². The first-order valence-electron chi connectivity index (χ1n) is 6.02. The lowest BCUT2D eigenvalue weighted by Gasteiger charge is -2.21. The van der Waals surface area contributed by atoms with Gasteiger partial charge in [-0.25, -0.2) is 4.39 Å². The molecule has 0 aromatic heterocycles. The second-order valence-electron chi connectivity index (χ2n) is 4.99. The van der Waals surface area contributed by atoms with Crippen molar-refractivity contribution in [2.24, 2.45) is 0 Å². The number of carboxylic acids is 1. The highest BCUT2D eigenvalue weighted by molar-refractivity contribution is 5.81. The molecule has 3 heteroatoms. The topological polar surface area (TPSA) is 37.3 Å². The van der Waals surface area contributed by atoms with E-state index in [1.807, 2.05) is 30.3 Å². The lowest BCUT2D eigenvalue weighted by molar-refractivity contribution is -0.142. The van der Waals surface area contributed by atoms with Gasteiger partial charge >= 0.3 is 5.97 Å². The molecule has 2 rings (SSSR count). The molecule has 0 saturated carbocycles. The Balaban J connectivity index is 2.56. The smallest absolute Gasteiger partial charge is 0.313 e. The van der Waals surface area contributed by atoms with E-state index in [2.05, 4.69) is 0 Å². The lowest BCUT2D eigenvalue weighted by atomic mass is 9.83. The van der Waals surface area contributed by atoms with Crippen LogP contribution >= 0.6 is 0 Å². The maximum Gasteiger partial charge on any atom is 0.313 e. The number of carbonyl (C=O) groups is 1. The summed E-state index contributed by atoms with van der Waals surface area (Å²) in [5.74, 6) is -1.54. The predicted octanol–water partition coefficient (Wildman–Crippen LogP) is 3.85. The van der Waals surface area contributed by atoms with Gasteiger partial charge in [-0.3, -0.25) is 4.79 Å². The first kappa shape index (κ1) is 13.3. The number of rotatable bonds is 3. The Kier molecular flexibility index (Phi) is 3.38. The fourth-order valence-corrected chi connectivity index (χ4v) is 1.93. The van der Waals surface area contributed by atoms with Gasteiger partial charge in [0.2, 0.25) is 0 Å². The third-order valence-corrected chi connectivity index (χ3v) is 3.28. The molecule has 0 radical (unpaired) electrons. The van der Waals surface area contributed by atoms with Crippen LogP contribution in [-0.2, 0) is 10.2 Å². The molecular formula is C16H15FO2. The molecule has 0 aliphatic heterocycles. The summed E-state index contributed by atoms with van der Waals surface area (Å²) in [6, 6.07) is 14.1. The van der Waals surface area contributed by atoms with Gasteiger partial charge in [-0.1, -0.05) is 36.4 Å². The quantitative estimate of drug-likeness (QED) is 0.907. The van der Waals surface area contributed by atoms with Crippen molar-refractivity contribution in [1.82, 2.24) is 0 Å². The molecule has 0 aliphatic carbocycles. The molecule has 19 heavy (non-hydrogen) atoms. The van der Waals surface area contributed by atoms with Gasteiger partial charge in [0.25, 0.3) is 0 Å². The van der Waals surface area contributed by atoms with Crippen molar-refractivity contribution >= 4 is 5.97 Å². The molecule has 0 aliphatic rings. The summed E-state index contributed by atoms with van der Waals surface area (Å²) in [6.45, 7) is 3.00. The number of hydrogen-bond donors (Lipinski definition) is 1. The Bertz CT molecular complexity index is 603. The number of halogens is 1. The highest BCUT2D eigenvalue weighted by atomic mass is 19.1. The van der Waals surface area contributed by atoms with Crippen LogP contribution in [0.3, 0.4) is 0 Å². The van der Waals surface area contributed by atoms with E-state index in [0.29, 0.717) is 0 Å². The van der Waals surface area contributed by atoms with Gasteiger partial charge in [0.15, 0.2) is 0 Å². The Morgan fingerprint density at radius 1 is 1.05 bits per heavy atom. The zero-order chi connectivity index (χ0) is 14.0. The predicted molar refractivity (Wildman–Crippen MR) is 72.5 cm³/mol. The first-order valence-corrected chi connectivity index (χ1v) is 6.02. The van der Waals surface area contributed by atoms with Crippen LogP contribution in [-0.4, -0.2) is 11.1 Å². The number of benzene rings is 2. The van der Waals surface area contributed by atoms with E-state index < -0.39 is 17.2 Å². The van der Waals surface area contributed by atoms with E-state index in [9.17, 15) is 14.3 Å². The molecular weight excluding hydrogens is 243 g/mol. The van der Waals surface area contributed by atoms with Crippen LogP contribution in [0.1, 0.15) is 19.4 Å². The molecule has 0 unspecified atom stereocenters. The van der Waals surface area contributed by atoms with Gasteiger partial charge in [-0.05, 0) is 37.1 Å². The van der Waals surface area contributed by atoms with Crippen molar-refractivity contribution in [1.29, 1.82) is 0 Å². The van der Waals surface area contributed by atoms with E-state index in [4.69, 9.17) is 0 Å². The number of hydrogen-bond acceptors (Lipinski definition) is 1. The van der Waals surface area contributed by atoms with E-state index in [0.717, 1.165) is 11.1 Å². The summed E-state index contributed by atoms with van der Waals surface area (Å²) in [7, 11) is 0. The van der Waals surface area contributed by atoms with Gasteiger partial charge in [0, 0.05) is 5.56 Å². The van der Waals surface area contributed by atoms with Gasteiger partial charge in [0.1, 0.15) is 5.82 Å². The summed E-state index contributed by atoms with van der Waals surface area (Å²) in [6.07, 6.45) is 0. The van der Waals surface area contributed by atoms with Crippen LogP contribution in [0.15, 0.2) is 48.5 Å². The first-order chi connectivity index (χ1) is 8.93. The van der Waals surface area contributed by atoms with E-state index in [-0.39, 0.29) is 5.56 Å². The third-order valence-electron chi connectivity index (χ3n) is 3.28. The minimum atomic E-state index is -1.26. The van der Waals surface area contributed by atoms with Gasteiger partial charge in [-0.2, -0.15) is 0 Å². The highest BCUT2D eigenvalue weighted by Gasteiger charge is 2.32. The highest BCUT2D eigenvalue weighted by Crippen LogP contribution is 2.30. The van der Waals surface area contributed by atoms with Crippen LogP contribution in [0.2, 0.25) is 0 Å². The van der Waals surface area contributed by atoms with Crippen LogP contribution in [0.25, 0.3) is 11.1 Å². The average Bonchev–Trinajstić information content (AvgIpc) is 2.40. The molecule has 0 saturated heterocycles. The summed E-state index contributed by atoms with van der Waals surface area (Å²) < 4.78 is 13.9. The molecule has 0 amide bonds. The van der Waals surface area contributed by atoms with E-state index >= 15 is 0 Å². The lowest BCUT2D eigenvalue weighted by Crippen LogP contribution is -2.29. The molecule has 0 spiro atoms. The fourth-order valence-electron chi connectivity index (χ4n) is 1.93. The van der Waals surface area contributed by atoms with Crippen molar-refractivity contribution in [3.8, 4) is 11.1 Å². The SMILES string of the molecule is CC(C)(C(=O)O)c1cc(-c2ccccc2)ccc1F. The molecule has 0 bridgehead atoms. The Morgan fingerprint density at radius 2 is 1.68 bits per heavy atom. The minimum absolute atomic E-state index is 0.196. The van der Waals surface area contributed by atoms with E-state index in [1.165, 1.54) is 19.9 Å². The molecule has 98 valence electrons. The minimum Gasteiger partial charge on any atom is -0.481 e. The zero-order valence-corrected chi connectivity index (χ0v) is 10.9. The second-order valence-corrected chi connectivity index (χ2v) is 4.99. The monoisotopic (exact) mass is 258 g/mol. The normalized spacial score (nSPS) is 11.3. The van der Waals surface area contributed by atoms with Crippen molar-refractivity contribution in [2.45, 2.75) is 19.3 Å². The molecule has 2 nitrogen and oxygen atoms in total. The van der Waals surface area contributed by atoms with Crippen molar-refractivity contribution in [3.63, 3.8) is 0 Å². The van der Waals surface area contributed by atoms with Crippen molar-refractivity contribution < 1.29 is 14.3 Å². The van der Waals surface area contributed by atoms with Crippen LogP contribution in [0.5, 0.6) is 0 Å². The molecule has 0 heterocycles. The van der Waals surface area contributed by atoms with Gasteiger partial charge in [0.05, 0.1) is 5.41 Å². The molecule has 0 atom stereocenters.